The van der Waals surface area contributed by atoms with E-state index < -0.39 is 13.7 Å². The van der Waals surface area contributed by atoms with Crippen LogP contribution in [0.1, 0.15) is 26.2 Å². The summed E-state index contributed by atoms with van der Waals surface area (Å²) in [6, 6.07) is 9.17. The van der Waals surface area contributed by atoms with Crippen LogP contribution in [-0.4, -0.2) is 21.6 Å². The predicted octanol–water partition coefficient (Wildman–Crippen LogP) is -2.69. The van der Waals surface area contributed by atoms with Crippen molar-refractivity contribution in [3.05, 3.63) is 30.3 Å². The summed E-state index contributed by atoms with van der Waals surface area (Å²) in [5.41, 5.74) is 3.34. The van der Waals surface area contributed by atoms with E-state index in [0.29, 0.717) is 12.1 Å². The monoisotopic (exact) mass is 368 g/mol. The Morgan fingerprint density at radius 2 is 1.78 bits per heavy atom. The third-order valence-electron chi connectivity index (χ3n) is 2.92. The van der Waals surface area contributed by atoms with E-state index >= 15 is 0 Å². The number of phosphoric acid groups is 1. The second-order valence-electron chi connectivity index (χ2n) is 4.67. The molecule has 1 atom stereocenters. The second kappa shape index (κ2) is 10.7. The maximum atomic E-state index is 12.1. The Balaban J connectivity index is 0.000000709. The van der Waals surface area contributed by atoms with Gasteiger partial charge in [0, 0.05) is 0 Å². The molecule has 3 N–H and O–H groups in total. The molecule has 1 aliphatic rings. The molecule has 1 heterocycles. The van der Waals surface area contributed by atoms with Gasteiger partial charge in [0.1, 0.15) is 5.92 Å². The Hall–Kier alpha value is -0.0936. The minimum Gasteiger partial charge on any atom is -0.756 e. The van der Waals surface area contributed by atoms with Crippen LogP contribution in [0, 0.1) is 5.92 Å². The van der Waals surface area contributed by atoms with Crippen LogP contribution in [0.3, 0.4) is 0 Å². The fraction of sp³-hybridized carbons (Fsp3) is 0.385. The van der Waals surface area contributed by atoms with Gasteiger partial charge >= 0.3 is 51.4 Å². The molecular weight excluding hydrogens is 350 g/mol. The predicted molar refractivity (Wildman–Crippen MR) is 77.1 cm³/mol. The van der Waals surface area contributed by atoms with E-state index in [0.717, 1.165) is 12.8 Å². The maximum Gasteiger partial charge on any atom is 1.00 e. The van der Waals surface area contributed by atoms with Crippen LogP contribution in [0.15, 0.2) is 30.3 Å². The molecule has 1 aliphatic heterocycles. The fourth-order valence-corrected chi connectivity index (χ4v) is 1.94. The summed E-state index contributed by atoms with van der Waals surface area (Å²) in [5, 5.41) is 1.35. The normalized spacial score (nSPS) is 17.0. The number of hydrazine groups is 1. The van der Waals surface area contributed by atoms with Gasteiger partial charge in [-0.3, -0.25) is 19.6 Å². The van der Waals surface area contributed by atoms with Crippen LogP contribution in [0.25, 0.3) is 0 Å². The Morgan fingerprint density at radius 1 is 1.26 bits per heavy atom. The summed E-state index contributed by atoms with van der Waals surface area (Å²) in [6.45, 7) is 2.05. The summed E-state index contributed by atoms with van der Waals surface area (Å²) >= 11 is 0. The minimum absolute atomic E-state index is 0. The van der Waals surface area contributed by atoms with Crippen LogP contribution in [-0.2, 0) is 14.2 Å². The van der Waals surface area contributed by atoms with Crippen molar-refractivity contribution in [2.45, 2.75) is 26.2 Å². The molecule has 0 aliphatic carbocycles. The Morgan fingerprint density at radius 3 is 2.26 bits per heavy atom. The summed E-state index contributed by atoms with van der Waals surface area (Å²) in [4.78, 5) is 46.7. The van der Waals surface area contributed by atoms with E-state index in [1.807, 2.05) is 25.1 Å². The van der Waals surface area contributed by atoms with Gasteiger partial charge in [0.15, 0.2) is 0 Å². The average Bonchev–Trinajstić information content (AvgIpc) is 2.71. The van der Waals surface area contributed by atoms with Gasteiger partial charge in [-0.2, -0.15) is 0 Å². The molecule has 1 aromatic carbocycles. The van der Waals surface area contributed by atoms with Gasteiger partial charge in [-0.1, -0.05) is 38.0 Å². The third kappa shape index (κ3) is 8.53. The first-order chi connectivity index (χ1) is 10.2. The number of para-hydroxylation sites is 1. The largest absolute Gasteiger partial charge is 1.00 e. The van der Waals surface area contributed by atoms with E-state index in [2.05, 4.69) is 5.43 Å². The molecule has 10 heteroatoms. The fourth-order valence-electron chi connectivity index (χ4n) is 1.94. The summed E-state index contributed by atoms with van der Waals surface area (Å²) in [7, 11) is -4.89. The molecule has 122 valence electrons. The molecule has 0 saturated carbocycles. The first kappa shape index (κ1) is 22.9. The second-order valence-corrected chi connectivity index (χ2v) is 5.65. The summed E-state index contributed by atoms with van der Waals surface area (Å²) in [5.74, 6) is -0.850. The van der Waals surface area contributed by atoms with Gasteiger partial charge < -0.3 is 14.7 Å². The van der Waals surface area contributed by atoms with Crippen molar-refractivity contribution in [1.82, 2.24) is 5.43 Å². The van der Waals surface area contributed by atoms with Gasteiger partial charge in [-0.15, -0.1) is 0 Å². The Kier molecular flexibility index (Phi) is 10.7. The summed E-state index contributed by atoms with van der Waals surface area (Å²) < 4.78 is 8.77. The van der Waals surface area contributed by atoms with E-state index in [9.17, 15) is 9.59 Å². The number of anilines is 1. The van der Waals surface area contributed by atoms with E-state index in [4.69, 9.17) is 19.2 Å². The van der Waals surface area contributed by atoms with Crippen LogP contribution in [0.2, 0.25) is 0 Å². The smallest absolute Gasteiger partial charge is 0.756 e. The van der Waals surface area contributed by atoms with Gasteiger partial charge in [-0.05, 0) is 18.6 Å². The van der Waals surface area contributed by atoms with Crippen molar-refractivity contribution < 1.29 is 80.2 Å². The maximum absolute atomic E-state index is 12.1. The van der Waals surface area contributed by atoms with E-state index in [1.165, 1.54) is 5.01 Å². The molecule has 1 unspecified atom stereocenters. The van der Waals surface area contributed by atoms with Crippen LogP contribution >= 0.6 is 7.82 Å². The number of benzene rings is 1. The number of nitrogens with one attached hydrogen (secondary N) is 1. The zero-order valence-corrected chi connectivity index (χ0v) is 17.0. The molecular formula is C13H18KN2O6P. The zero-order chi connectivity index (χ0) is 16.8. The molecule has 23 heavy (non-hydrogen) atoms. The van der Waals surface area contributed by atoms with Crippen LogP contribution in [0.4, 0.5) is 5.69 Å². The van der Waals surface area contributed by atoms with Gasteiger partial charge in [0.2, 0.25) is 0 Å². The molecule has 0 aromatic heterocycles. The van der Waals surface area contributed by atoms with Gasteiger partial charge in [0.25, 0.3) is 19.6 Å². The van der Waals surface area contributed by atoms with Crippen molar-refractivity contribution >= 4 is 25.3 Å². The summed E-state index contributed by atoms with van der Waals surface area (Å²) in [6.07, 6.45) is 2.51. The van der Waals surface area contributed by atoms with Crippen molar-refractivity contribution in [2.75, 3.05) is 5.01 Å². The number of amides is 2. The molecule has 2 amide bonds. The van der Waals surface area contributed by atoms with Crippen LogP contribution in [0.5, 0.6) is 0 Å². The molecule has 0 spiro atoms. The van der Waals surface area contributed by atoms with Crippen molar-refractivity contribution in [2.24, 2.45) is 5.92 Å². The number of unbranched alkanes of at least 4 members (excludes halogenated alkanes) is 1. The number of hydrogen-bond acceptors (Lipinski definition) is 4. The first-order valence-corrected chi connectivity index (χ1v) is 8.23. The SMILES string of the molecule is CCCCC1C(=O)NN(c2ccccc2)C1=O.O=P([O-])(O)O.[K+]. The molecule has 1 saturated heterocycles. The molecule has 1 aromatic rings. The molecule has 8 nitrogen and oxygen atoms in total. The van der Waals surface area contributed by atoms with Crippen molar-refractivity contribution in [3.8, 4) is 0 Å². The van der Waals surface area contributed by atoms with E-state index in [-0.39, 0.29) is 63.2 Å². The molecule has 0 bridgehead atoms. The van der Waals surface area contributed by atoms with Gasteiger partial charge in [0.05, 0.1) is 5.69 Å². The Labute approximate surface area is 176 Å². The van der Waals surface area contributed by atoms with Crippen molar-refractivity contribution in [1.29, 1.82) is 0 Å². The minimum atomic E-state index is -4.89. The Bertz CT molecular complexity index is 557. The number of rotatable bonds is 4. The average molecular weight is 368 g/mol. The van der Waals surface area contributed by atoms with E-state index in [1.54, 1.807) is 12.1 Å². The van der Waals surface area contributed by atoms with Crippen molar-refractivity contribution in [3.63, 3.8) is 0 Å². The number of hydrogen-bond donors (Lipinski definition) is 3. The molecule has 1 fully saturated rings. The van der Waals surface area contributed by atoms with Gasteiger partial charge in [-0.25, -0.2) is 5.01 Å². The zero-order valence-electron chi connectivity index (χ0n) is 13.0. The molecule has 0 radical (unpaired) electrons. The standard InChI is InChI=1S/C13H16N2O2.K.H3O4P/c1-2-3-9-11-12(16)14-15(13(11)17)10-7-5-4-6-8-10;;1-5(2,3)4/h4-8,11H,2-3,9H2,1H3,(H,14,16);;(H3,1,2,3,4)/q;+1;/p-1. The number of carbonyl (C=O) groups is 2. The number of nitrogens with zero attached hydrogens (tertiary/aromatic N) is 1. The third-order valence-corrected chi connectivity index (χ3v) is 2.92. The number of carbonyl (C=O) groups excluding carboxylic acids is 2. The topological polar surface area (TPSA) is 130 Å². The quantitative estimate of drug-likeness (QED) is 0.302. The molecule has 2 rings (SSSR count). The first-order valence-electron chi connectivity index (χ1n) is 6.70. The van der Waals surface area contributed by atoms with Crippen LogP contribution < -0.4 is 66.7 Å².